The van der Waals surface area contributed by atoms with Crippen molar-refractivity contribution in [1.82, 2.24) is 9.88 Å². The molecule has 2 saturated heterocycles. The summed E-state index contributed by atoms with van der Waals surface area (Å²) in [5, 5.41) is 16.2. The molecule has 0 amide bonds. The number of piperidine rings is 1. The van der Waals surface area contributed by atoms with E-state index in [-0.39, 0.29) is 6.61 Å². The van der Waals surface area contributed by atoms with Crippen LogP contribution in [0.5, 0.6) is 0 Å². The van der Waals surface area contributed by atoms with Crippen molar-refractivity contribution < 1.29 is 5.11 Å². The molecule has 1 aromatic heterocycles. The Morgan fingerprint density at radius 3 is 2.41 bits per heavy atom. The Hall–Kier alpha value is -1.72. The number of rotatable bonds is 3. The second-order valence-corrected chi connectivity index (χ2v) is 9.02. The molecule has 4 nitrogen and oxygen atoms in total. The fraction of sp³-hybridized carbons (Fsp3) is 0.391. The summed E-state index contributed by atoms with van der Waals surface area (Å²) in [5.41, 5.74) is 4.22. The minimum atomic E-state index is 0.00678. The number of fused-ring (bicyclic) bond motifs is 1. The molecule has 0 unspecified atom stereocenters. The minimum Gasteiger partial charge on any atom is -0.392 e. The molecule has 3 aromatic rings. The van der Waals surface area contributed by atoms with Crippen LogP contribution in [0.1, 0.15) is 31.2 Å². The lowest BCUT2D eigenvalue weighted by atomic mass is 9.86. The molecular weight excluding hydrogens is 405 g/mol. The zero-order valence-corrected chi connectivity index (χ0v) is 17.8. The van der Waals surface area contributed by atoms with Gasteiger partial charge in [0.25, 0.3) is 0 Å². The average Bonchev–Trinajstić information content (AvgIpc) is 3.36. The number of para-hydroxylation sites is 1. The van der Waals surface area contributed by atoms with E-state index in [1.807, 2.05) is 35.0 Å². The summed E-state index contributed by atoms with van der Waals surface area (Å²) in [5.74, 6) is 0. The summed E-state index contributed by atoms with van der Waals surface area (Å²) in [6.45, 7) is 3.18. The highest BCUT2D eigenvalue weighted by Crippen LogP contribution is 2.38. The van der Waals surface area contributed by atoms with Crippen LogP contribution in [0.4, 0.5) is 5.69 Å². The third-order valence-corrected chi connectivity index (χ3v) is 7.30. The number of hydrogen-bond acceptors (Lipinski definition) is 3. The van der Waals surface area contributed by atoms with Crippen molar-refractivity contribution >= 4 is 39.8 Å². The smallest absolute Gasteiger partial charge is 0.0830 e. The molecule has 2 aliphatic rings. The van der Waals surface area contributed by atoms with Gasteiger partial charge in [0.15, 0.2) is 0 Å². The molecular formula is C23H25Cl2N3O. The van der Waals surface area contributed by atoms with Gasteiger partial charge in [-0.3, -0.25) is 0 Å². The predicted octanol–water partition coefficient (Wildman–Crippen LogP) is 5.15. The van der Waals surface area contributed by atoms with Crippen LogP contribution in [-0.4, -0.2) is 34.8 Å². The zero-order valence-electron chi connectivity index (χ0n) is 16.3. The second-order valence-electron chi connectivity index (χ2n) is 8.21. The van der Waals surface area contributed by atoms with E-state index in [9.17, 15) is 5.11 Å². The molecule has 5 rings (SSSR count). The molecule has 1 spiro atoms. The van der Waals surface area contributed by atoms with E-state index in [0.717, 1.165) is 60.3 Å². The number of halogens is 2. The van der Waals surface area contributed by atoms with Crippen LogP contribution in [0, 0.1) is 0 Å². The van der Waals surface area contributed by atoms with Crippen LogP contribution in [-0.2, 0) is 6.61 Å². The standard InChI is InChI=1S/C23H25Cl2N3O/c24-18-3-1-4-19(25)22(18)28-12-7-16-17(15-29)20(5-6-21(16)28)27-13-9-23(10-14-27)8-2-11-26-23/h1,3-7,12,26,29H,2,8-11,13-15H2. The molecule has 6 heteroatoms. The van der Waals surface area contributed by atoms with Crippen LogP contribution >= 0.6 is 23.2 Å². The van der Waals surface area contributed by atoms with E-state index in [2.05, 4.69) is 22.3 Å². The highest BCUT2D eigenvalue weighted by atomic mass is 35.5. The van der Waals surface area contributed by atoms with Crippen LogP contribution in [0.2, 0.25) is 10.0 Å². The Bertz CT molecular complexity index is 1030. The van der Waals surface area contributed by atoms with Crippen LogP contribution in [0.3, 0.4) is 0 Å². The Balaban J connectivity index is 1.53. The fourth-order valence-electron chi connectivity index (χ4n) is 5.11. The molecule has 152 valence electrons. The summed E-state index contributed by atoms with van der Waals surface area (Å²) in [6, 6.07) is 11.8. The summed E-state index contributed by atoms with van der Waals surface area (Å²) in [4.78, 5) is 2.43. The quantitative estimate of drug-likeness (QED) is 0.604. The summed E-state index contributed by atoms with van der Waals surface area (Å²) < 4.78 is 2.01. The third kappa shape index (κ3) is 3.23. The molecule has 0 saturated carbocycles. The molecule has 2 N–H and O–H groups in total. The third-order valence-electron chi connectivity index (χ3n) is 6.69. The Kier molecular flexibility index (Phi) is 4.99. The van der Waals surface area contributed by atoms with Crippen molar-refractivity contribution in [3.05, 3.63) is 58.2 Å². The van der Waals surface area contributed by atoms with Gasteiger partial charge in [-0.1, -0.05) is 29.3 Å². The first-order valence-electron chi connectivity index (χ1n) is 10.3. The average molecular weight is 430 g/mol. The van der Waals surface area contributed by atoms with Gasteiger partial charge in [0.2, 0.25) is 0 Å². The molecule has 0 bridgehead atoms. The predicted molar refractivity (Wildman–Crippen MR) is 121 cm³/mol. The number of anilines is 1. The first kappa shape index (κ1) is 19.3. The minimum absolute atomic E-state index is 0.00678. The SMILES string of the molecule is OCc1c(N2CCC3(CCCN3)CC2)ccc2c1ccn2-c1c(Cl)cccc1Cl. The molecule has 0 aliphatic carbocycles. The molecule has 3 heterocycles. The van der Waals surface area contributed by atoms with Gasteiger partial charge in [-0.15, -0.1) is 0 Å². The Labute approximate surface area is 181 Å². The second kappa shape index (κ2) is 7.51. The lowest BCUT2D eigenvalue weighted by molar-refractivity contribution is 0.280. The maximum absolute atomic E-state index is 10.2. The largest absolute Gasteiger partial charge is 0.392 e. The van der Waals surface area contributed by atoms with Crippen molar-refractivity contribution in [3.8, 4) is 5.69 Å². The van der Waals surface area contributed by atoms with Gasteiger partial charge >= 0.3 is 0 Å². The first-order chi connectivity index (χ1) is 14.1. The van der Waals surface area contributed by atoms with Crippen LogP contribution in [0.25, 0.3) is 16.6 Å². The Morgan fingerprint density at radius 2 is 1.76 bits per heavy atom. The monoisotopic (exact) mass is 429 g/mol. The fourth-order valence-corrected chi connectivity index (χ4v) is 5.69. The van der Waals surface area contributed by atoms with E-state index < -0.39 is 0 Å². The van der Waals surface area contributed by atoms with Crippen molar-refractivity contribution in [2.24, 2.45) is 0 Å². The number of aliphatic hydroxyl groups excluding tert-OH is 1. The van der Waals surface area contributed by atoms with Gasteiger partial charge in [-0.2, -0.15) is 0 Å². The number of nitrogens with one attached hydrogen (secondary N) is 1. The molecule has 2 fully saturated rings. The van der Waals surface area contributed by atoms with Crippen molar-refractivity contribution in [1.29, 1.82) is 0 Å². The first-order valence-corrected chi connectivity index (χ1v) is 11.1. The number of nitrogens with zero attached hydrogens (tertiary/aromatic N) is 2. The maximum Gasteiger partial charge on any atom is 0.0830 e. The summed E-state index contributed by atoms with van der Waals surface area (Å²) >= 11 is 12.9. The highest BCUT2D eigenvalue weighted by molar-refractivity contribution is 6.37. The van der Waals surface area contributed by atoms with Crippen LogP contribution < -0.4 is 10.2 Å². The van der Waals surface area contributed by atoms with E-state index in [1.165, 1.54) is 12.8 Å². The Morgan fingerprint density at radius 1 is 1.00 bits per heavy atom. The van der Waals surface area contributed by atoms with E-state index in [1.54, 1.807) is 0 Å². The highest BCUT2D eigenvalue weighted by Gasteiger charge is 2.37. The van der Waals surface area contributed by atoms with Gasteiger partial charge in [0.05, 0.1) is 27.9 Å². The van der Waals surface area contributed by atoms with Crippen molar-refractivity contribution in [3.63, 3.8) is 0 Å². The number of aromatic nitrogens is 1. The van der Waals surface area contributed by atoms with E-state index in [4.69, 9.17) is 23.2 Å². The van der Waals surface area contributed by atoms with Crippen LogP contribution in [0.15, 0.2) is 42.6 Å². The van der Waals surface area contributed by atoms with Gasteiger partial charge in [-0.05, 0) is 62.6 Å². The van der Waals surface area contributed by atoms with Gasteiger partial charge < -0.3 is 19.9 Å². The number of aliphatic hydroxyl groups is 1. The lowest BCUT2D eigenvalue weighted by Crippen LogP contribution is -2.50. The molecule has 2 aliphatic heterocycles. The summed E-state index contributed by atoms with van der Waals surface area (Å²) in [6.07, 6.45) is 6.87. The molecule has 29 heavy (non-hydrogen) atoms. The van der Waals surface area contributed by atoms with Crippen molar-refractivity contribution in [2.75, 3.05) is 24.5 Å². The molecule has 0 atom stereocenters. The molecule has 2 aromatic carbocycles. The van der Waals surface area contributed by atoms with Crippen molar-refractivity contribution in [2.45, 2.75) is 37.8 Å². The van der Waals surface area contributed by atoms with Gasteiger partial charge in [0, 0.05) is 41.5 Å². The number of hydrogen-bond donors (Lipinski definition) is 2. The summed E-state index contributed by atoms with van der Waals surface area (Å²) in [7, 11) is 0. The normalized spacial score (nSPS) is 18.8. The van der Waals surface area contributed by atoms with E-state index >= 15 is 0 Å². The topological polar surface area (TPSA) is 40.4 Å². The van der Waals surface area contributed by atoms with E-state index in [0.29, 0.717) is 15.6 Å². The zero-order chi connectivity index (χ0) is 20.0. The molecule has 0 radical (unpaired) electrons. The number of benzene rings is 2. The maximum atomic E-state index is 10.2. The van der Waals surface area contributed by atoms with Gasteiger partial charge in [0.1, 0.15) is 0 Å². The van der Waals surface area contributed by atoms with Gasteiger partial charge in [-0.25, -0.2) is 0 Å². The lowest BCUT2D eigenvalue weighted by Gasteiger charge is -2.41.